The predicted molar refractivity (Wildman–Crippen MR) is 137 cm³/mol. The molecule has 164 valence electrons. The average Bonchev–Trinajstić information content (AvgIpc) is 2.83. The first kappa shape index (κ1) is 26.9. The molecule has 3 aromatic rings. The minimum absolute atomic E-state index is 0.141. The van der Waals surface area contributed by atoms with Crippen molar-refractivity contribution in [2.75, 3.05) is 0 Å². The van der Waals surface area contributed by atoms with Crippen LogP contribution in [0.15, 0.2) is 91.0 Å². The topological polar surface area (TPSA) is 52.6 Å². The first-order valence-electron chi connectivity index (χ1n) is 9.87. The number of rotatable bonds is 6. The molecule has 0 saturated heterocycles. The number of carbonyl (C=O) groups is 2. The van der Waals surface area contributed by atoms with Gasteiger partial charge in [0.2, 0.25) is 0 Å². The molecule has 3 rings (SSSR count). The Hall–Kier alpha value is -2.11. The number of hydrogen-bond acceptors (Lipinski definition) is 4. The van der Waals surface area contributed by atoms with Gasteiger partial charge in [-0.2, -0.15) is 0 Å². The van der Waals surface area contributed by atoms with Crippen molar-refractivity contribution >= 4 is 54.7 Å². The monoisotopic (exact) mass is 474 g/mol. The third kappa shape index (κ3) is 14.5. The summed E-state index contributed by atoms with van der Waals surface area (Å²) in [6, 6.07) is 29.5. The second kappa shape index (κ2) is 17.6. The summed E-state index contributed by atoms with van der Waals surface area (Å²) in [6.45, 7) is 3.58. The Bertz CT molecular complexity index is 804. The Kier molecular flexibility index (Phi) is 15.3. The first-order valence-corrected chi connectivity index (χ1v) is 12.3. The van der Waals surface area contributed by atoms with Gasteiger partial charge in [-0.1, -0.05) is 105 Å². The second-order valence-electron chi connectivity index (χ2n) is 6.00. The summed E-state index contributed by atoms with van der Waals surface area (Å²) in [7, 11) is 2.91. The number of hydrogen-bond donors (Lipinski definition) is 0. The van der Waals surface area contributed by atoms with Crippen molar-refractivity contribution in [3.63, 3.8) is 0 Å². The molecular formula is C24H29O4P3. The highest BCUT2D eigenvalue weighted by molar-refractivity contribution is 7.42. The van der Waals surface area contributed by atoms with Crippen molar-refractivity contribution in [3.05, 3.63) is 91.0 Å². The normalized spacial score (nSPS) is 10.0. The van der Waals surface area contributed by atoms with Crippen LogP contribution in [0, 0.1) is 0 Å². The van der Waals surface area contributed by atoms with Crippen LogP contribution in [0.4, 0.5) is 0 Å². The summed E-state index contributed by atoms with van der Waals surface area (Å²) in [5, 5.41) is 3.35. The predicted octanol–water partition coefficient (Wildman–Crippen LogP) is 4.90. The maximum atomic E-state index is 10.8. The van der Waals surface area contributed by atoms with E-state index < -0.39 is 0 Å². The average molecular weight is 474 g/mol. The van der Waals surface area contributed by atoms with E-state index in [0.29, 0.717) is 12.8 Å². The van der Waals surface area contributed by atoms with Crippen molar-refractivity contribution in [2.45, 2.75) is 26.7 Å². The van der Waals surface area contributed by atoms with Gasteiger partial charge in [-0.15, -0.1) is 9.24 Å². The summed E-state index contributed by atoms with van der Waals surface area (Å²) in [6.07, 6.45) is 0.889. The van der Waals surface area contributed by atoms with Gasteiger partial charge < -0.3 is 9.05 Å². The van der Waals surface area contributed by atoms with Gasteiger partial charge in [0.15, 0.2) is 0 Å². The van der Waals surface area contributed by atoms with E-state index in [4.69, 9.17) is 9.05 Å². The lowest BCUT2D eigenvalue weighted by Gasteiger charge is -2.01. The van der Waals surface area contributed by atoms with Crippen LogP contribution in [0.1, 0.15) is 26.7 Å². The van der Waals surface area contributed by atoms with Crippen molar-refractivity contribution in [1.82, 2.24) is 0 Å². The maximum Gasteiger partial charge on any atom is 0.308 e. The van der Waals surface area contributed by atoms with Crippen molar-refractivity contribution in [1.29, 1.82) is 0 Å². The summed E-state index contributed by atoms with van der Waals surface area (Å²) < 4.78 is 9.93. The van der Waals surface area contributed by atoms with Gasteiger partial charge in [0.1, 0.15) is 17.6 Å². The maximum absolute atomic E-state index is 10.8. The van der Waals surface area contributed by atoms with Crippen LogP contribution in [0.3, 0.4) is 0 Å². The molecule has 0 bridgehead atoms. The van der Waals surface area contributed by atoms with Gasteiger partial charge in [-0.25, -0.2) is 0 Å². The van der Waals surface area contributed by atoms with E-state index in [-0.39, 0.29) is 29.6 Å². The molecule has 0 aliphatic heterocycles. The van der Waals surface area contributed by atoms with E-state index in [9.17, 15) is 9.59 Å². The Morgan fingerprint density at radius 3 is 1.23 bits per heavy atom. The third-order valence-electron chi connectivity index (χ3n) is 3.49. The van der Waals surface area contributed by atoms with E-state index in [1.165, 1.54) is 5.30 Å². The quantitative estimate of drug-likeness (QED) is 0.477. The molecule has 0 aromatic heterocycles. The van der Waals surface area contributed by atoms with Gasteiger partial charge in [0.05, 0.1) is 0 Å². The highest BCUT2D eigenvalue weighted by atomic mass is 31.1. The standard InChI is InChI=1S/2C9H11O2P.C6H7P/c2*1-2-9(10)11-12-8-6-4-3-5-7-8;7-6-4-2-1-3-5-6/h2*3-7,12H,2H2,1H3;1-5H,7H2. The zero-order valence-electron chi connectivity index (χ0n) is 17.8. The van der Waals surface area contributed by atoms with Crippen LogP contribution in [0.2, 0.25) is 0 Å². The van der Waals surface area contributed by atoms with E-state index in [2.05, 4.69) is 9.24 Å². The molecule has 0 amide bonds. The Labute approximate surface area is 191 Å². The smallest absolute Gasteiger partial charge is 0.308 e. The summed E-state index contributed by atoms with van der Waals surface area (Å²) in [5.74, 6) is -0.283. The van der Waals surface area contributed by atoms with E-state index >= 15 is 0 Å². The fourth-order valence-corrected chi connectivity index (χ4v) is 3.47. The molecule has 0 radical (unpaired) electrons. The second-order valence-corrected chi connectivity index (χ2v) is 8.64. The lowest BCUT2D eigenvalue weighted by molar-refractivity contribution is -0.133. The van der Waals surface area contributed by atoms with Crippen molar-refractivity contribution in [2.24, 2.45) is 0 Å². The van der Waals surface area contributed by atoms with Crippen LogP contribution in [-0.4, -0.2) is 11.9 Å². The zero-order valence-corrected chi connectivity index (χ0v) is 20.9. The van der Waals surface area contributed by atoms with Crippen LogP contribution in [0.25, 0.3) is 0 Å². The Morgan fingerprint density at radius 2 is 0.968 bits per heavy atom. The molecule has 4 nitrogen and oxygen atoms in total. The summed E-state index contributed by atoms with van der Waals surface area (Å²) >= 11 is 0. The van der Waals surface area contributed by atoms with Crippen molar-refractivity contribution < 1.29 is 18.6 Å². The SMILES string of the molecule is CCC(=O)OPc1ccccc1.CCC(=O)OPc1ccccc1.Pc1ccccc1. The highest BCUT2D eigenvalue weighted by Crippen LogP contribution is 2.12. The fourth-order valence-electron chi connectivity index (χ4n) is 1.84. The largest absolute Gasteiger partial charge is 0.443 e. The van der Waals surface area contributed by atoms with E-state index in [1.807, 2.05) is 91.0 Å². The molecule has 0 saturated carbocycles. The lowest BCUT2D eigenvalue weighted by atomic mass is 10.4. The van der Waals surface area contributed by atoms with Crippen LogP contribution >= 0.6 is 26.9 Å². The van der Waals surface area contributed by atoms with Crippen molar-refractivity contribution in [3.8, 4) is 0 Å². The summed E-state index contributed by atoms with van der Waals surface area (Å²) in [5.41, 5.74) is 0. The van der Waals surface area contributed by atoms with E-state index in [1.54, 1.807) is 13.8 Å². The first-order chi connectivity index (χ1) is 15.0. The van der Waals surface area contributed by atoms with Crippen LogP contribution < -0.4 is 15.9 Å². The molecule has 3 unspecified atom stereocenters. The Morgan fingerprint density at radius 1 is 0.645 bits per heavy atom. The molecule has 0 N–H and O–H groups in total. The van der Waals surface area contributed by atoms with Gasteiger partial charge in [-0.05, 0) is 5.30 Å². The molecule has 0 fully saturated rings. The molecule has 0 aliphatic carbocycles. The molecule has 0 heterocycles. The van der Waals surface area contributed by atoms with Crippen LogP contribution in [-0.2, 0) is 18.6 Å². The highest BCUT2D eigenvalue weighted by Gasteiger charge is 1.99. The third-order valence-corrected chi connectivity index (χ3v) is 5.67. The molecular weight excluding hydrogens is 445 g/mol. The number of benzene rings is 3. The summed E-state index contributed by atoms with van der Waals surface area (Å²) in [4.78, 5) is 21.5. The lowest BCUT2D eigenvalue weighted by Crippen LogP contribution is -1.99. The number of carbonyl (C=O) groups excluding carboxylic acids is 2. The molecule has 3 aromatic carbocycles. The zero-order chi connectivity index (χ0) is 22.7. The van der Waals surface area contributed by atoms with Gasteiger partial charge >= 0.3 is 11.9 Å². The molecule has 3 atom stereocenters. The van der Waals surface area contributed by atoms with Gasteiger partial charge in [0, 0.05) is 23.5 Å². The fraction of sp³-hybridized carbons (Fsp3) is 0.167. The van der Waals surface area contributed by atoms with Crippen LogP contribution in [0.5, 0.6) is 0 Å². The molecule has 0 spiro atoms. The molecule has 0 aliphatic rings. The molecule has 7 heteroatoms. The van der Waals surface area contributed by atoms with Gasteiger partial charge in [-0.3, -0.25) is 9.59 Å². The van der Waals surface area contributed by atoms with E-state index in [0.717, 1.165) is 10.6 Å². The molecule has 31 heavy (non-hydrogen) atoms. The van der Waals surface area contributed by atoms with Gasteiger partial charge in [0.25, 0.3) is 0 Å². The Balaban J connectivity index is 0.000000241. The minimum atomic E-state index is -0.141. The minimum Gasteiger partial charge on any atom is -0.443 e.